The first-order chi connectivity index (χ1) is 19.0. The Morgan fingerprint density at radius 1 is 1.15 bits per heavy atom. The summed E-state index contributed by atoms with van der Waals surface area (Å²) in [6.45, 7) is 0.229. The van der Waals surface area contributed by atoms with E-state index < -0.39 is 11.9 Å². The van der Waals surface area contributed by atoms with E-state index in [9.17, 15) is 18.0 Å². The molecule has 1 aliphatic heterocycles. The Bertz CT molecular complexity index is 1900. The van der Waals surface area contributed by atoms with Crippen LogP contribution in [0.4, 0.5) is 19.0 Å². The molecule has 0 saturated carbocycles. The highest BCUT2D eigenvalue weighted by molar-refractivity contribution is 6.10. The number of nitrogens with zero attached hydrogens (tertiary/aromatic N) is 6. The van der Waals surface area contributed by atoms with Crippen LogP contribution in [-0.4, -0.2) is 49.0 Å². The van der Waals surface area contributed by atoms with Gasteiger partial charge in [-0.25, -0.2) is 4.98 Å². The van der Waals surface area contributed by atoms with Crippen molar-refractivity contribution >= 4 is 33.5 Å². The lowest BCUT2D eigenvalue weighted by atomic mass is 10.0. The number of nitrogen functional groups attached to an aromatic ring is 1. The molecule has 5 aromatic rings. The maximum atomic E-state index is 13.5. The predicted molar refractivity (Wildman–Crippen MR) is 141 cm³/mol. The average molecular weight is 546 g/mol. The fourth-order valence-electron chi connectivity index (χ4n) is 4.96. The summed E-state index contributed by atoms with van der Waals surface area (Å²) < 4.78 is 48.3. The normalized spacial score (nSPS) is 14.6. The molecule has 2 aromatic carbocycles. The van der Waals surface area contributed by atoms with E-state index in [1.807, 2.05) is 0 Å². The van der Waals surface area contributed by atoms with Crippen molar-refractivity contribution in [2.45, 2.75) is 12.2 Å². The van der Waals surface area contributed by atoms with E-state index in [0.717, 1.165) is 21.1 Å². The van der Waals surface area contributed by atoms with Crippen LogP contribution in [0.25, 0.3) is 21.8 Å². The standard InChI is InChI=1S/C28H22F3N7O2/c1-36-13-17(25(35-36)28(29,30)31)6-4-15-5-8-18-22(14-40-23(18)10-15)37(2)27(39)16-7-9-21-19(11-16)24-20(26(32)34-21)12-33-38(24)3/h5,7-13,22H,14H2,1-3H3,(H2,32,34)/t22-/m1/s1. The third-order valence-electron chi connectivity index (χ3n) is 6.95. The molecule has 202 valence electrons. The van der Waals surface area contributed by atoms with Crippen molar-refractivity contribution in [2.75, 3.05) is 19.4 Å². The maximum Gasteiger partial charge on any atom is 0.436 e. The van der Waals surface area contributed by atoms with Crippen molar-refractivity contribution in [3.8, 4) is 17.6 Å². The summed E-state index contributed by atoms with van der Waals surface area (Å²) in [6.07, 6.45) is -1.72. The second-order valence-electron chi connectivity index (χ2n) is 9.57. The van der Waals surface area contributed by atoms with Crippen LogP contribution in [0, 0.1) is 11.8 Å². The summed E-state index contributed by atoms with van der Waals surface area (Å²) in [6, 6.07) is 10.0. The molecule has 4 heterocycles. The van der Waals surface area contributed by atoms with Gasteiger partial charge < -0.3 is 15.4 Å². The third kappa shape index (κ3) is 4.16. The number of aromatic nitrogens is 5. The molecule has 2 N–H and O–H groups in total. The van der Waals surface area contributed by atoms with Gasteiger partial charge in [0.1, 0.15) is 18.2 Å². The Balaban J connectivity index is 1.27. The fourth-order valence-corrected chi connectivity index (χ4v) is 4.96. The largest absolute Gasteiger partial charge is 0.491 e. The summed E-state index contributed by atoms with van der Waals surface area (Å²) in [5.74, 6) is 6.00. The number of aryl methyl sites for hydroxylation is 2. The highest BCUT2D eigenvalue weighted by atomic mass is 19.4. The summed E-state index contributed by atoms with van der Waals surface area (Å²) in [4.78, 5) is 19.6. The summed E-state index contributed by atoms with van der Waals surface area (Å²) in [7, 11) is 4.91. The zero-order valence-electron chi connectivity index (χ0n) is 21.6. The smallest absolute Gasteiger partial charge is 0.436 e. The van der Waals surface area contributed by atoms with Crippen molar-refractivity contribution in [1.29, 1.82) is 0 Å². The van der Waals surface area contributed by atoms with Crippen LogP contribution in [0.1, 0.15) is 38.8 Å². The number of anilines is 1. The number of likely N-dealkylation sites (N-methyl/N-ethyl adjacent to an activating group) is 1. The first-order valence-corrected chi connectivity index (χ1v) is 12.2. The van der Waals surface area contributed by atoms with Crippen LogP contribution in [0.15, 0.2) is 48.8 Å². The van der Waals surface area contributed by atoms with E-state index in [2.05, 4.69) is 27.0 Å². The molecule has 40 heavy (non-hydrogen) atoms. The molecule has 0 aliphatic carbocycles. The van der Waals surface area contributed by atoms with Gasteiger partial charge in [0.2, 0.25) is 0 Å². The molecule has 1 atom stereocenters. The number of nitrogens with two attached hydrogens (primary N) is 1. The van der Waals surface area contributed by atoms with Crippen molar-refractivity contribution in [2.24, 2.45) is 14.1 Å². The van der Waals surface area contributed by atoms with Gasteiger partial charge in [0.25, 0.3) is 5.91 Å². The Morgan fingerprint density at radius 2 is 1.95 bits per heavy atom. The van der Waals surface area contributed by atoms with Gasteiger partial charge in [0, 0.05) is 49.4 Å². The van der Waals surface area contributed by atoms with Gasteiger partial charge in [0.15, 0.2) is 5.69 Å². The molecule has 0 fully saturated rings. The highest BCUT2D eigenvalue weighted by Gasteiger charge is 2.36. The average Bonchev–Trinajstić information content (AvgIpc) is 3.63. The zero-order valence-corrected chi connectivity index (χ0v) is 21.6. The SMILES string of the molecule is CN(C(=O)c1ccc2nc(N)c3cnn(C)c3c2c1)[C@@H]1COc2cc(C#Cc3cn(C)nc3C(F)(F)F)ccc21. The molecule has 0 radical (unpaired) electrons. The van der Waals surface area contributed by atoms with Gasteiger partial charge in [-0.1, -0.05) is 17.9 Å². The number of amides is 1. The minimum atomic E-state index is -4.60. The molecule has 0 unspecified atom stereocenters. The Kier molecular flexibility index (Phi) is 5.69. The van der Waals surface area contributed by atoms with Crippen LogP contribution in [0.3, 0.4) is 0 Å². The van der Waals surface area contributed by atoms with Crippen molar-refractivity contribution in [1.82, 2.24) is 29.4 Å². The molecular weight excluding hydrogens is 523 g/mol. The second kappa shape index (κ2) is 9.01. The number of carbonyl (C=O) groups excluding carboxylic acids is 1. The summed E-state index contributed by atoms with van der Waals surface area (Å²) >= 11 is 0. The first-order valence-electron chi connectivity index (χ1n) is 12.2. The maximum absolute atomic E-state index is 13.5. The molecule has 1 amide bonds. The van der Waals surface area contributed by atoms with Gasteiger partial charge in [-0.05, 0) is 30.3 Å². The van der Waals surface area contributed by atoms with E-state index in [4.69, 9.17) is 10.5 Å². The minimum Gasteiger partial charge on any atom is -0.491 e. The van der Waals surface area contributed by atoms with Crippen molar-refractivity contribution in [3.05, 3.63) is 76.7 Å². The zero-order chi connectivity index (χ0) is 28.3. The number of rotatable bonds is 2. The Hall–Kier alpha value is -5.05. The van der Waals surface area contributed by atoms with E-state index >= 15 is 0 Å². The Morgan fingerprint density at radius 3 is 2.73 bits per heavy atom. The topological polar surface area (TPSA) is 104 Å². The number of halogens is 3. The number of alkyl halides is 3. The van der Waals surface area contributed by atoms with Gasteiger partial charge in [-0.15, -0.1) is 0 Å². The monoisotopic (exact) mass is 545 g/mol. The molecular formula is C28H22F3N7O2. The lowest BCUT2D eigenvalue weighted by molar-refractivity contribution is -0.141. The van der Waals surface area contributed by atoms with Crippen molar-refractivity contribution in [3.63, 3.8) is 0 Å². The van der Waals surface area contributed by atoms with Crippen LogP contribution >= 0.6 is 0 Å². The molecule has 12 heteroatoms. The predicted octanol–water partition coefficient (Wildman–Crippen LogP) is 4.06. The van der Waals surface area contributed by atoms with E-state index in [-0.39, 0.29) is 24.1 Å². The number of fused-ring (bicyclic) bond motifs is 4. The van der Waals surface area contributed by atoms with Crippen LogP contribution in [0.5, 0.6) is 5.75 Å². The van der Waals surface area contributed by atoms with E-state index in [1.165, 1.54) is 13.2 Å². The number of carbonyl (C=O) groups is 1. The molecule has 0 bridgehead atoms. The van der Waals surface area contributed by atoms with Gasteiger partial charge in [0.05, 0.1) is 34.2 Å². The van der Waals surface area contributed by atoms with Gasteiger partial charge in [-0.3, -0.25) is 14.2 Å². The number of pyridine rings is 1. The molecule has 3 aromatic heterocycles. The molecule has 0 saturated heterocycles. The fraction of sp³-hybridized carbons (Fsp3) is 0.214. The van der Waals surface area contributed by atoms with Crippen molar-refractivity contribution < 1.29 is 22.7 Å². The molecule has 1 aliphatic rings. The number of ether oxygens (including phenoxy) is 1. The van der Waals surface area contributed by atoms with E-state index in [1.54, 1.807) is 66.3 Å². The number of hydrogen-bond acceptors (Lipinski definition) is 6. The molecule has 0 spiro atoms. The number of benzene rings is 2. The highest BCUT2D eigenvalue weighted by Crippen LogP contribution is 2.37. The van der Waals surface area contributed by atoms with Gasteiger partial charge >= 0.3 is 6.18 Å². The first kappa shape index (κ1) is 25.2. The summed E-state index contributed by atoms with van der Waals surface area (Å²) in [5, 5.41) is 9.22. The lowest BCUT2D eigenvalue weighted by Gasteiger charge is -2.24. The van der Waals surface area contributed by atoms with Gasteiger partial charge in [-0.2, -0.15) is 23.4 Å². The second-order valence-corrected chi connectivity index (χ2v) is 9.57. The van der Waals surface area contributed by atoms with E-state index in [0.29, 0.717) is 33.6 Å². The van der Waals surface area contributed by atoms with Crippen LogP contribution in [0.2, 0.25) is 0 Å². The number of hydrogen-bond donors (Lipinski definition) is 1. The minimum absolute atomic E-state index is 0.212. The summed E-state index contributed by atoms with van der Waals surface area (Å²) in [5.41, 5.74) is 8.01. The lowest BCUT2D eigenvalue weighted by Crippen LogP contribution is -2.32. The molecule has 9 nitrogen and oxygen atoms in total. The molecule has 6 rings (SSSR count). The van der Waals surface area contributed by atoms with Crippen LogP contribution < -0.4 is 10.5 Å². The van der Waals surface area contributed by atoms with Crippen LogP contribution in [-0.2, 0) is 20.3 Å². The quantitative estimate of drug-likeness (QED) is 0.336. The third-order valence-corrected chi connectivity index (χ3v) is 6.95. The Labute approximate surface area is 225 Å².